The van der Waals surface area contributed by atoms with E-state index in [0.717, 1.165) is 42.7 Å². The van der Waals surface area contributed by atoms with E-state index in [1.54, 1.807) is 6.33 Å². The largest absolute Gasteiger partial charge is 0.488 e. The van der Waals surface area contributed by atoms with Crippen molar-refractivity contribution in [1.29, 1.82) is 0 Å². The minimum atomic E-state index is 0.323. The van der Waals surface area contributed by atoms with Gasteiger partial charge in [0.1, 0.15) is 17.4 Å². The molecule has 0 bridgehead atoms. The van der Waals surface area contributed by atoms with Gasteiger partial charge in [-0.05, 0) is 38.1 Å². The molecule has 1 aromatic carbocycles. The first-order valence-electron chi connectivity index (χ1n) is 5.73. The fourth-order valence-corrected chi connectivity index (χ4v) is 2.13. The Hall–Kier alpha value is -1.55. The number of hydrogen-bond donors (Lipinski definition) is 2. The van der Waals surface area contributed by atoms with E-state index >= 15 is 0 Å². The number of ether oxygens (including phenoxy) is 1. The highest BCUT2D eigenvalue weighted by Crippen LogP contribution is 2.24. The van der Waals surface area contributed by atoms with E-state index in [4.69, 9.17) is 4.74 Å². The zero-order valence-corrected chi connectivity index (χ0v) is 9.07. The predicted molar refractivity (Wildman–Crippen MR) is 62.6 cm³/mol. The van der Waals surface area contributed by atoms with E-state index in [2.05, 4.69) is 15.3 Å². The monoisotopic (exact) mass is 217 g/mol. The third-order valence-corrected chi connectivity index (χ3v) is 2.99. The van der Waals surface area contributed by atoms with Gasteiger partial charge in [0.15, 0.2) is 0 Å². The topological polar surface area (TPSA) is 49.9 Å². The number of para-hydroxylation sites is 1. The summed E-state index contributed by atoms with van der Waals surface area (Å²) >= 11 is 0. The second-order valence-electron chi connectivity index (χ2n) is 4.12. The molecule has 2 N–H and O–H groups in total. The summed E-state index contributed by atoms with van der Waals surface area (Å²) in [6.45, 7) is 2.09. The summed E-state index contributed by atoms with van der Waals surface area (Å²) < 4.78 is 6.00. The van der Waals surface area contributed by atoms with Gasteiger partial charge in [-0.3, -0.25) is 0 Å². The van der Waals surface area contributed by atoms with Crippen molar-refractivity contribution in [2.24, 2.45) is 0 Å². The van der Waals surface area contributed by atoms with Crippen molar-refractivity contribution in [1.82, 2.24) is 15.3 Å². The summed E-state index contributed by atoms with van der Waals surface area (Å²) in [5, 5.41) is 3.33. The van der Waals surface area contributed by atoms with Gasteiger partial charge in [-0.25, -0.2) is 4.98 Å². The van der Waals surface area contributed by atoms with Gasteiger partial charge in [-0.2, -0.15) is 0 Å². The van der Waals surface area contributed by atoms with Gasteiger partial charge >= 0.3 is 0 Å². The third kappa shape index (κ3) is 1.76. The Balaban J connectivity index is 1.85. The van der Waals surface area contributed by atoms with Crippen molar-refractivity contribution >= 4 is 11.0 Å². The van der Waals surface area contributed by atoms with Gasteiger partial charge in [0.05, 0.1) is 11.8 Å². The van der Waals surface area contributed by atoms with E-state index in [-0.39, 0.29) is 0 Å². The van der Waals surface area contributed by atoms with Crippen LogP contribution in [0, 0.1) is 0 Å². The lowest BCUT2D eigenvalue weighted by Gasteiger charge is -2.23. The number of aromatic nitrogens is 2. The molecular formula is C12H15N3O. The maximum atomic E-state index is 6.00. The van der Waals surface area contributed by atoms with Crippen LogP contribution in [0.2, 0.25) is 0 Å². The molecule has 1 fully saturated rings. The Kier molecular flexibility index (Phi) is 2.50. The van der Waals surface area contributed by atoms with Gasteiger partial charge in [0.25, 0.3) is 0 Å². The van der Waals surface area contributed by atoms with Gasteiger partial charge in [0.2, 0.25) is 0 Å². The molecule has 0 atom stereocenters. The second kappa shape index (κ2) is 4.14. The van der Waals surface area contributed by atoms with Crippen molar-refractivity contribution in [3.63, 3.8) is 0 Å². The molecule has 1 aliphatic heterocycles. The number of nitrogens with zero attached hydrogens (tertiary/aromatic N) is 1. The molecule has 0 unspecified atom stereocenters. The van der Waals surface area contributed by atoms with Crippen molar-refractivity contribution in [3.8, 4) is 5.75 Å². The first-order chi connectivity index (χ1) is 7.93. The second-order valence-corrected chi connectivity index (χ2v) is 4.12. The van der Waals surface area contributed by atoms with Crippen LogP contribution in [-0.4, -0.2) is 29.2 Å². The quantitative estimate of drug-likeness (QED) is 0.805. The molecule has 2 heterocycles. The summed E-state index contributed by atoms with van der Waals surface area (Å²) in [6.07, 6.45) is 4.17. The lowest BCUT2D eigenvalue weighted by molar-refractivity contribution is 0.164. The molecule has 4 nitrogen and oxygen atoms in total. The molecule has 0 spiro atoms. The van der Waals surface area contributed by atoms with Crippen molar-refractivity contribution in [2.75, 3.05) is 13.1 Å². The smallest absolute Gasteiger partial charge is 0.147 e. The van der Waals surface area contributed by atoms with E-state index in [1.165, 1.54) is 0 Å². The summed E-state index contributed by atoms with van der Waals surface area (Å²) in [4.78, 5) is 7.38. The van der Waals surface area contributed by atoms with Gasteiger partial charge in [-0.1, -0.05) is 6.07 Å². The molecule has 2 aromatic rings. The molecule has 3 rings (SSSR count). The lowest BCUT2D eigenvalue weighted by atomic mass is 10.1. The van der Waals surface area contributed by atoms with Crippen LogP contribution in [0.15, 0.2) is 24.5 Å². The number of rotatable bonds is 2. The molecule has 0 radical (unpaired) electrons. The van der Waals surface area contributed by atoms with Crippen LogP contribution in [0.5, 0.6) is 5.75 Å². The Bertz CT molecular complexity index is 474. The van der Waals surface area contributed by atoms with Crippen LogP contribution < -0.4 is 10.1 Å². The number of nitrogens with one attached hydrogen (secondary N) is 2. The molecule has 0 saturated carbocycles. The number of hydrogen-bond acceptors (Lipinski definition) is 3. The zero-order chi connectivity index (χ0) is 10.8. The van der Waals surface area contributed by atoms with Crippen LogP contribution >= 0.6 is 0 Å². The maximum absolute atomic E-state index is 6.00. The average molecular weight is 217 g/mol. The van der Waals surface area contributed by atoms with Crippen molar-refractivity contribution in [2.45, 2.75) is 18.9 Å². The molecule has 4 heteroatoms. The fourth-order valence-electron chi connectivity index (χ4n) is 2.13. The molecule has 1 saturated heterocycles. The van der Waals surface area contributed by atoms with E-state index in [1.807, 2.05) is 18.2 Å². The highest BCUT2D eigenvalue weighted by molar-refractivity contribution is 5.81. The Morgan fingerprint density at radius 3 is 3.00 bits per heavy atom. The molecule has 0 aliphatic carbocycles. The Labute approximate surface area is 94.0 Å². The van der Waals surface area contributed by atoms with Crippen molar-refractivity contribution in [3.05, 3.63) is 24.5 Å². The minimum Gasteiger partial charge on any atom is -0.488 e. The number of piperidine rings is 1. The number of H-pyrrole nitrogens is 1. The van der Waals surface area contributed by atoms with E-state index < -0.39 is 0 Å². The summed E-state index contributed by atoms with van der Waals surface area (Å²) in [6, 6.07) is 6.00. The predicted octanol–water partition coefficient (Wildman–Crippen LogP) is 1.69. The summed E-state index contributed by atoms with van der Waals surface area (Å²) in [7, 11) is 0. The van der Waals surface area contributed by atoms with Gasteiger partial charge in [-0.15, -0.1) is 0 Å². The third-order valence-electron chi connectivity index (χ3n) is 2.99. The van der Waals surface area contributed by atoms with E-state index in [0.29, 0.717) is 6.10 Å². The SMILES string of the molecule is c1cc(OC2CCNCC2)c2nc[nH]c2c1. The van der Waals surface area contributed by atoms with Gasteiger partial charge < -0.3 is 15.0 Å². The van der Waals surface area contributed by atoms with Crippen LogP contribution in [0.1, 0.15) is 12.8 Å². The van der Waals surface area contributed by atoms with Crippen LogP contribution in [0.3, 0.4) is 0 Å². The molecule has 1 aliphatic rings. The number of fused-ring (bicyclic) bond motifs is 1. The molecule has 84 valence electrons. The maximum Gasteiger partial charge on any atom is 0.147 e. The number of benzene rings is 1. The zero-order valence-electron chi connectivity index (χ0n) is 9.07. The summed E-state index contributed by atoms with van der Waals surface area (Å²) in [5.74, 6) is 0.894. The lowest BCUT2D eigenvalue weighted by Crippen LogP contribution is -2.34. The number of imidazole rings is 1. The highest BCUT2D eigenvalue weighted by atomic mass is 16.5. The standard InChI is InChI=1S/C12H15N3O/c1-2-10-12(15-8-14-10)11(3-1)16-9-4-6-13-7-5-9/h1-3,8-9,13H,4-7H2,(H,14,15). The molecule has 0 amide bonds. The minimum absolute atomic E-state index is 0.323. The van der Waals surface area contributed by atoms with Crippen LogP contribution in [0.25, 0.3) is 11.0 Å². The van der Waals surface area contributed by atoms with Gasteiger partial charge in [0, 0.05) is 0 Å². The normalized spacial score (nSPS) is 17.8. The highest BCUT2D eigenvalue weighted by Gasteiger charge is 2.15. The fraction of sp³-hybridized carbons (Fsp3) is 0.417. The Morgan fingerprint density at radius 2 is 2.12 bits per heavy atom. The molecule has 1 aromatic heterocycles. The average Bonchev–Trinajstić information content (AvgIpc) is 2.80. The van der Waals surface area contributed by atoms with Crippen molar-refractivity contribution < 1.29 is 4.74 Å². The summed E-state index contributed by atoms with van der Waals surface area (Å²) in [5.41, 5.74) is 1.97. The van der Waals surface area contributed by atoms with Crippen LogP contribution in [0.4, 0.5) is 0 Å². The molecule has 16 heavy (non-hydrogen) atoms. The first kappa shape index (κ1) is 9.66. The molecular weight excluding hydrogens is 202 g/mol. The first-order valence-corrected chi connectivity index (χ1v) is 5.73. The Morgan fingerprint density at radius 1 is 1.25 bits per heavy atom. The van der Waals surface area contributed by atoms with Crippen LogP contribution in [-0.2, 0) is 0 Å². The van der Waals surface area contributed by atoms with E-state index in [9.17, 15) is 0 Å². The number of aromatic amines is 1.